The fourth-order valence-corrected chi connectivity index (χ4v) is 3.67. The first-order valence-electron chi connectivity index (χ1n) is 8.75. The average molecular weight is 432 g/mol. The number of fused-ring (bicyclic) bond motifs is 1. The van der Waals surface area contributed by atoms with E-state index in [1.165, 1.54) is 12.3 Å². The molecule has 1 amide bonds. The molecule has 0 unspecified atom stereocenters. The molecule has 1 aliphatic rings. The number of hydrogen-bond acceptors (Lipinski definition) is 4. The molecule has 1 saturated heterocycles. The Bertz CT molecular complexity index is 1040. The van der Waals surface area contributed by atoms with Crippen molar-refractivity contribution in [1.29, 1.82) is 0 Å². The summed E-state index contributed by atoms with van der Waals surface area (Å²) in [5.74, 6) is -3.22. The number of nitrogens with zero attached hydrogens (tertiary/aromatic N) is 3. The van der Waals surface area contributed by atoms with Crippen LogP contribution in [0.15, 0.2) is 23.1 Å². The normalized spacial score (nSPS) is 15.1. The van der Waals surface area contributed by atoms with Gasteiger partial charge in [-0.25, -0.2) is 4.79 Å². The molecule has 0 bridgehead atoms. The second-order valence-corrected chi connectivity index (χ2v) is 6.97. The summed E-state index contributed by atoms with van der Waals surface area (Å²) in [5, 5.41) is 9.55. The zero-order valence-electron chi connectivity index (χ0n) is 15.3. The van der Waals surface area contributed by atoms with Gasteiger partial charge < -0.3 is 19.5 Å². The minimum atomic E-state index is -4.91. The lowest BCUT2D eigenvalue weighted by Gasteiger charge is -2.36. The molecule has 1 aromatic carbocycles. The number of carbonyl (C=O) groups is 2. The molecule has 0 saturated carbocycles. The predicted octanol–water partition coefficient (Wildman–Crippen LogP) is 2.58. The molecule has 11 heteroatoms. The maximum absolute atomic E-state index is 12.6. The van der Waals surface area contributed by atoms with E-state index in [1.807, 2.05) is 0 Å². The lowest BCUT2D eigenvalue weighted by Crippen LogP contribution is -2.52. The van der Waals surface area contributed by atoms with Gasteiger partial charge in [-0.05, 0) is 19.1 Å². The largest absolute Gasteiger partial charge is 0.477 e. The molecule has 0 aliphatic carbocycles. The molecule has 156 valence electrons. The van der Waals surface area contributed by atoms with E-state index >= 15 is 0 Å². The monoisotopic (exact) mass is 431 g/mol. The topological polar surface area (TPSA) is 82.8 Å². The minimum absolute atomic E-state index is 0.120. The third-order valence-corrected chi connectivity index (χ3v) is 5.17. The van der Waals surface area contributed by atoms with Gasteiger partial charge in [-0.1, -0.05) is 11.6 Å². The van der Waals surface area contributed by atoms with Gasteiger partial charge in [0, 0.05) is 44.3 Å². The van der Waals surface area contributed by atoms with Crippen molar-refractivity contribution >= 4 is 40.1 Å². The highest BCUT2D eigenvalue weighted by Gasteiger charge is 2.43. The standard InChI is InChI=1S/C18H17ClF3N3O4/c1-2-23-9-11(16(27)28)15(26)10-7-12(19)14(8-13(10)23)24-3-5-25(6-4-24)17(29)18(20,21)22/h7-9H,2-6H2,1H3,(H,27,28). The van der Waals surface area contributed by atoms with E-state index in [0.717, 1.165) is 4.90 Å². The Morgan fingerprint density at radius 2 is 1.79 bits per heavy atom. The minimum Gasteiger partial charge on any atom is -0.477 e. The molecule has 1 fully saturated rings. The first-order chi connectivity index (χ1) is 13.5. The lowest BCUT2D eigenvalue weighted by molar-refractivity contribution is -0.185. The summed E-state index contributed by atoms with van der Waals surface area (Å²) in [6, 6.07) is 3.00. The number of hydrogen-bond donors (Lipinski definition) is 1. The van der Waals surface area contributed by atoms with Crippen LogP contribution >= 0.6 is 11.6 Å². The molecule has 1 aromatic heterocycles. The van der Waals surface area contributed by atoms with Crippen LogP contribution in [-0.4, -0.2) is 58.8 Å². The van der Waals surface area contributed by atoms with Gasteiger partial charge in [-0.2, -0.15) is 13.2 Å². The lowest BCUT2D eigenvalue weighted by atomic mass is 10.1. The number of aromatic nitrogens is 1. The highest BCUT2D eigenvalue weighted by molar-refractivity contribution is 6.34. The van der Waals surface area contributed by atoms with E-state index in [0.29, 0.717) is 17.7 Å². The van der Waals surface area contributed by atoms with Gasteiger partial charge in [0.25, 0.3) is 0 Å². The molecule has 3 rings (SSSR count). The molecule has 1 N–H and O–H groups in total. The summed E-state index contributed by atoms with van der Waals surface area (Å²) in [6.07, 6.45) is -3.66. The number of pyridine rings is 1. The van der Waals surface area contributed by atoms with Crippen LogP contribution in [0.2, 0.25) is 5.02 Å². The SMILES string of the molecule is CCn1cc(C(=O)O)c(=O)c2cc(Cl)c(N3CCN(C(=O)C(F)(F)F)CC3)cc21. The van der Waals surface area contributed by atoms with E-state index in [1.54, 1.807) is 22.5 Å². The van der Waals surface area contributed by atoms with Crippen LogP contribution in [-0.2, 0) is 11.3 Å². The number of carboxylic acids is 1. The van der Waals surface area contributed by atoms with E-state index < -0.39 is 23.5 Å². The van der Waals surface area contributed by atoms with Crippen LogP contribution in [0.25, 0.3) is 10.9 Å². The molecule has 2 heterocycles. The third-order valence-electron chi connectivity index (χ3n) is 4.87. The van der Waals surface area contributed by atoms with Gasteiger partial charge in [0.1, 0.15) is 5.56 Å². The number of benzene rings is 1. The maximum atomic E-state index is 12.6. The van der Waals surface area contributed by atoms with Crippen LogP contribution in [0, 0.1) is 0 Å². The number of alkyl halides is 3. The first-order valence-corrected chi connectivity index (χ1v) is 9.13. The van der Waals surface area contributed by atoms with Crippen molar-refractivity contribution in [2.24, 2.45) is 0 Å². The second-order valence-electron chi connectivity index (χ2n) is 6.56. The molecule has 7 nitrogen and oxygen atoms in total. The maximum Gasteiger partial charge on any atom is 0.471 e. The molecular formula is C18H17ClF3N3O4. The summed E-state index contributed by atoms with van der Waals surface area (Å²) in [5.41, 5.74) is -0.0627. The Morgan fingerprint density at radius 3 is 2.31 bits per heavy atom. The number of piperazine rings is 1. The zero-order chi connectivity index (χ0) is 21.5. The van der Waals surface area contributed by atoms with E-state index in [2.05, 4.69) is 0 Å². The van der Waals surface area contributed by atoms with E-state index in [4.69, 9.17) is 11.6 Å². The van der Waals surface area contributed by atoms with Gasteiger partial charge in [-0.3, -0.25) is 9.59 Å². The van der Waals surface area contributed by atoms with Crippen molar-refractivity contribution in [2.45, 2.75) is 19.6 Å². The first kappa shape index (κ1) is 21.0. The average Bonchev–Trinajstić information content (AvgIpc) is 2.67. The summed E-state index contributed by atoms with van der Waals surface area (Å²) >= 11 is 6.31. The summed E-state index contributed by atoms with van der Waals surface area (Å²) < 4.78 is 39.4. The Hall–Kier alpha value is -2.75. The highest BCUT2D eigenvalue weighted by Crippen LogP contribution is 2.31. The molecule has 1 aliphatic heterocycles. The number of halogens is 4. The zero-order valence-corrected chi connectivity index (χ0v) is 16.0. The smallest absolute Gasteiger partial charge is 0.471 e. The summed E-state index contributed by atoms with van der Waals surface area (Å²) in [7, 11) is 0. The van der Waals surface area contributed by atoms with Crippen LogP contribution in [0.3, 0.4) is 0 Å². The van der Waals surface area contributed by atoms with Crippen LogP contribution in [0.4, 0.5) is 18.9 Å². The van der Waals surface area contributed by atoms with Crippen LogP contribution in [0.1, 0.15) is 17.3 Å². The summed E-state index contributed by atoms with van der Waals surface area (Å²) in [6.45, 7) is 2.21. The number of rotatable bonds is 3. The molecule has 29 heavy (non-hydrogen) atoms. The molecular weight excluding hydrogens is 415 g/mol. The number of carbonyl (C=O) groups excluding carboxylic acids is 1. The Labute approximate surface area is 167 Å². The fourth-order valence-electron chi connectivity index (χ4n) is 3.39. The molecule has 0 spiro atoms. The molecule has 0 atom stereocenters. The van der Waals surface area contributed by atoms with E-state index in [-0.39, 0.29) is 42.2 Å². The van der Waals surface area contributed by atoms with Crippen molar-refractivity contribution in [3.63, 3.8) is 0 Å². The van der Waals surface area contributed by atoms with Gasteiger partial charge in [0.05, 0.1) is 16.2 Å². The van der Waals surface area contributed by atoms with Crippen molar-refractivity contribution in [3.8, 4) is 0 Å². The second kappa shape index (κ2) is 7.58. The van der Waals surface area contributed by atoms with Crippen molar-refractivity contribution in [3.05, 3.63) is 39.1 Å². The number of aromatic carboxylic acids is 1. The number of amides is 1. The Morgan fingerprint density at radius 1 is 1.17 bits per heavy atom. The van der Waals surface area contributed by atoms with Gasteiger partial charge in [0.2, 0.25) is 5.43 Å². The number of aryl methyl sites for hydroxylation is 1. The quantitative estimate of drug-likeness (QED) is 0.807. The third kappa shape index (κ3) is 3.89. The number of anilines is 1. The van der Waals surface area contributed by atoms with Crippen LogP contribution in [0.5, 0.6) is 0 Å². The van der Waals surface area contributed by atoms with Crippen molar-refractivity contribution < 1.29 is 27.9 Å². The van der Waals surface area contributed by atoms with E-state index in [9.17, 15) is 32.7 Å². The van der Waals surface area contributed by atoms with Gasteiger partial charge in [0.15, 0.2) is 0 Å². The molecule has 2 aromatic rings. The van der Waals surface area contributed by atoms with Gasteiger partial charge in [-0.15, -0.1) is 0 Å². The predicted molar refractivity (Wildman–Crippen MR) is 101 cm³/mol. The van der Waals surface area contributed by atoms with Gasteiger partial charge >= 0.3 is 18.1 Å². The van der Waals surface area contributed by atoms with Crippen LogP contribution < -0.4 is 10.3 Å². The van der Waals surface area contributed by atoms with Crippen molar-refractivity contribution in [1.82, 2.24) is 9.47 Å². The highest BCUT2D eigenvalue weighted by atomic mass is 35.5. The summed E-state index contributed by atoms with van der Waals surface area (Å²) in [4.78, 5) is 37.7. The Balaban J connectivity index is 1.97. The Kier molecular flexibility index (Phi) is 5.48. The van der Waals surface area contributed by atoms with Crippen molar-refractivity contribution in [2.75, 3.05) is 31.1 Å². The molecule has 0 radical (unpaired) electrons. The fraction of sp³-hybridized carbons (Fsp3) is 0.389. The number of carboxylic acid groups (broad SMARTS) is 1.